The molecule has 0 saturated carbocycles. The summed E-state index contributed by atoms with van der Waals surface area (Å²) in [5, 5.41) is 11.6. The zero-order chi connectivity index (χ0) is 23.5. The molecule has 0 aliphatic carbocycles. The van der Waals surface area contributed by atoms with Gasteiger partial charge in [0.1, 0.15) is 29.5 Å². The summed E-state index contributed by atoms with van der Waals surface area (Å²) in [5.41, 5.74) is 1.29. The molecule has 0 bridgehead atoms. The minimum Gasteiger partial charge on any atom is -0.508 e. The van der Waals surface area contributed by atoms with E-state index >= 15 is 0 Å². The van der Waals surface area contributed by atoms with Gasteiger partial charge in [0.2, 0.25) is 0 Å². The lowest BCUT2D eigenvalue weighted by Crippen LogP contribution is -2.54. The topological polar surface area (TPSA) is 95.9 Å². The van der Waals surface area contributed by atoms with Crippen molar-refractivity contribution in [3.05, 3.63) is 93.7 Å². The predicted octanol–water partition coefficient (Wildman–Crippen LogP) is 4.54. The fourth-order valence-corrected chi connectivity index (χ4v) is 3.64. The third kappa shape index (κ3) is 4.93. The lowest BCUT2D eigenvalue weighted by Gasteiger charge is -2.26. The summed E-state index contributed by atoms with van der Waals surface area (Å²) in [7, 11) is 0. The highest BCUT2D eigenvalue weighted by Gasteiger charge is 2.36. The molecule has 1 heterocycles. The molecule has 4 amide bonds. The molecule has 4 rings (SSSR count). The SMILES string of the molecule is O=C1NC(=O)N(c2ccc(O)cc2)C(=O)/C1=C/c1ccc(OCc2ccc(F)cc2)c(Br)c1. The molecule has 7 nitrogen and oxygen atoms in total. The second-order valence-corrected chi connectivity index (χ2v) is 7.93. The van der Waals surface area contributed by atoms with Gasteiger partial charge in [-0.25, -0.2) is 14.1 Å². The Kier molecular flexibility index (Phi) is 6.23. The molecule has 1 fully saturated rings. The van der Waals surface area contributed by atoms with E-state index in [0.717, 1.165) is 10.5 Å². The molecule has 0 spiro atoms. The minimum atomic E-state index is -0.876. The number of amides is 4. The van der Waals surface area contributed by atoms with Gasteiger partial charge in [-0.2, -0.15) is 0 Å². The molecule has 2 N–H and O–H groups in total. The van der Waals surface area contributed by atoms with E-state index in [2.05, 4.69) is 21.2 Å². The second kappa shape index (κ2) is 9.25. The molecule has 9 heteroatoms. The van der Waals surface area contributed by atoms with E-state index in [4.69, 9.17) is 4.74 Å². The molecule has 0 atom stereocenters. The number of rotatable bonds is 5. The van der Waals surface area contributed by atoms with E-state index in [1.54, 1.807) is 30.3 Å². The van der Waals surface area contributed by atoms with E-state index in [1.807, 2.05) is 0 Å². The van der Waals surface area contributed by atoms with Crippen LogP contribution in [0.1, 0.15) is 11.1 Å². The summed E-state index contributed by atoms with van der Waals surface area (Å²) >= 11 is 3.40. The van der Waals surface area contributed by atoms with Crippen molar-refractivity contribution in [2.45, 2.75) is 6.61 Å². The molecule has 3 aromatic rings. The summed E-state index contributed by atoms with van der Waals surface area (Å²) in [4.78, 5) is 38.3. The molecule has 0 unspecified atom stereocenters. The van der Waals surface area contributed by atoms with Gasteiger partial charge in [-0.3, -0.25) is 14.9 Å². The summed E-state index contributed by atoms with van der Waals surface area (Å²) in [6, 6.07) is 15.5. The van der Waals surface area contributed by atoms with E-state index in [0.29, 0.717) is 15.8 Å². The number of imide groups is 2. The van der Waals surface area contributed by atoms with Gasteiger partial charge in [0.05, 0.1) is 10.2 Å². The maximum absolute atomic E-state index is 13.0. The Bertz CT molecular complexity index is 1270. The monoisotopic (exact) mass is 510 g/mol. The number of phenolic OH excluding ortho intramolecular Hbond substituents is 1. The van der Waals surface area contributed by atoms with Crippen LogP contribution in [0.15, 0.2) is 76.8 Å². The number of anilines is 1. The van der Waals surface area contributed by atoms with Crippen LogP contribution in [-0.4, -0.2) is 23.0 Å². The Morgan fingerprint density at radius 2 is 1.70 bits per heavy atom. The first kappa shape index (κ1) is 22.2. The van der Waals surface area contributed by atoms with Crippen molar-refractivity contribution in [3.8, 4) is 11.5 Å². The maximum Gasteiger partial charge on any atom is 0.335 e. The first-order valence-corrected chi connectivity index (χ1v) is 10.5. The van der Waals surface area contributed by atoms with Crippen LogP contribution < -0.4 is 15.0 Å². The molecule has 1 aliphatic heterocycles. The van der Waals surface area contributed by atoms with Gasteiger partial charge < -0.3 is 9.84 Å². The van der Waals surface area contributed by atoms with E-state index in [-0.39, 0.29) is 29.4 Å². The van der Waals surface area contributed by atoms with Gasteiger partial charge in [0, 0.05) is 0 Å². The largest absolute Gasteiger partial charge is 0.508 e. The number of carbonyl (C=O) groups excluding carboxylic acids is 3. The van der Waals surface area contributed by atoms with Gasteiger partial charge in [-0.1, -0.05) is 18.2 Å². The molecule has 1 aliphatic rings. The van der Waals surface area contributed by atoms with Gasteiger partial charge >= 0.3 is 6.03 Å². The number of hydrogen-bond acceptors (Lipinski definition) is 5. The van der Waals surface area contributed by atoms with E-state index < -0.39 is 17.8 Å². The molecule has 3 aromatic carbocycles. The Labute approximate surface area is 196 Å². The maximum atomic E-state index is 13.0. The van der Waals surface area contributed by atoms with Crippen LogP contribution in [0.25, 0.3) is 6.08 Å². The number of halogens is 2. The first-order valence-electron chi connectivity index (χ1n) is 9.69. The van der Waals surface area contributed by atoms with Gasteiger partial charge in [-0.15, -0.1) is 0 Å². The van der Waals surface area contributed by atoms with Crippen LogP contribution in [0.4, 0.5) is 14.9 Å². The zero-order valence-corrected chi connectivity index (χ0v) is 18.5. The van der Waals surface area contributed by atoms with Crippen molar-refractivity contribution >= 4 is 45.5 Å². The number of nitrogens with zero attached hydrogens (tertiary/aromatic N) is 1. The highest BCUT2D eigenvalue weighted by molar-refractivity contribution is 9.10. The highest BCUT2D eigenvalue weighted by atomic mass is 79.9. The number of aromatic hydroxyl groups is 1. The normalized spacial score (nSPS) is 15.0. The number of urea groups is 1. The highest BCUT2D eigenvalue weighted by Crippen LogP contribution is 2.29. The van der Waals surface area contributed by atoms with Crippen molar-refractivity contribution in [2.75, 3.05) is 4.90 Å². The van der Waals surface area contributed by atoms with Crippen LogP contribution >= 0.6 is 15.9 Å². The third-order valence-corrected chi connectivity index (χ3v) is 5.40. The van der Waals surface area contributed by atoms with Gasteiger partial charge in [0.15, 0.2) is 0 Å². The lowest BCUT2D eigenvalue weighted by molar-refractivity contribution is -0.122. The Morgan fingerprint density at radius 1 is 1.00 bits per heavy atom. The van der Waals surface area contributed by atoms with E-state index in [9.17, 15) is 23.9 Å². The average molecular weight is 511 g/mol. The summed E-state index contributed by atoms with van der Waals surface area (Å²) in [6.07, 6.45) is 1.37. The fraction of sp³-hybridized carbons (Fsp3) is 0.0417. The van der Waals surface area contributed by atoms with Crippen molar-refractivity contribution in [1.29, 1.82) is 0 Å². The smallest absolute Gasteiger partial charge is 0.335 e. The molecule has 166 valence electrons. The predicted molar refractivity (Wildman–Crippen MR) is 122 cm³/mol. The number of benzene rings is 3. The molecular weight excluding hydrogens is 495 g/mol. The number of ether oxygens (including phenoxy) is 1. The Morgan fingerprint density at radius 3 is 2.36 bits per heavy atom. The summed E-state index contributed by atoms with van der Waals surface area (Å²) < 4.78 is 19.3. The van der Waals surface area contributed by atoms with Crippen LogP contribution in [0.2, 0.25) is 0 Å². The van der Waals surface area contributed by atoms with E-state index in [1.165, 1.54) is 42.5 Å². The van der Waals surface area contributed by atoms with Crippen molar-refractivity contribution in [3.63, 3.8) is 0 Å². The fourth-order valence-electron chi connectivity index (χ4n) is 3.13. The lowest BCUT2D eigenvalue weighted by atomic mass is 10.1. The van der Waals surface area contributed by atoms with Crippen molar-refractivity contribution < 1.29 is 28.6 Å². The minimum absolute atomic E-state index is 0.0259. The molecular formula is C24H16BrFN2O5. The number of nitrogens with one attached hydrogen (secondary N) is 1. The van der Waals surface area contributed by atoms with Crippen LogP contribution in [0.5, 0.6) is 11.5 Å². The second-order valence-electron chi connectivity index (χ2n) is 7.08. The molecule has 33 heavy (non-hydrogen) atoms. The van der Waals surface area contributed by atoms with Crippen LogP contribution in [0, 0.1) is 5.82 Å². The quantitative estimate of drug-likeness (QED) is 0.388. The summed E-state index contributed by atoms with van der Waals surface area (Å²) in [6.45, 7) is 0.226. The van der Waals surface area contributed by atoms with Gasteiger partial charge in [0.25, 0.3) is 11.8 Å². The number of hydrogen-bond donors (Lipinski definition) is 2. The van der Waals surface area contributed by atoms with Gasteiger partial charge in [-0.05, 0) is 81.7 Å². The third-order valence-electron chi connectivity index (χ3n) is 4.78. The Hall–Kier alpha value is -3.98. The van der Waals surface area contributed by atoms with Crippen LogP contribution in [-0.2, 0) is 16.2 Å². The first-order chi connectivity index (χ1) is 15.8. The van der Waals surface area contributed by atoms with Crippen molar-refractivity contribution in [1.82, 2.24) is 5.32 Å². The van der Waals surface area contributed by atoms with Crippen molar-refractivity contribution in [2.24, 2.45) is 0 Å². The number of barbiturate groups is 1. The average Bonchev–Trinajstić information content (AvgIpc) is 2.78. The molecule has 0 aromatic heterocycles. The number of phenols is 1. The number of carbonyl (C=O) groups is 3. The Balaban J connectivity index is 1.55. The summed E-state index contributed by atoms with van der Waals surface area (Å²) in [5.74, 6) is -1.44. The zero-order valence-electron chi connectivity index (χ0n) is 16.9. The standard InChI is InChI=1S/C24H16BrFN2O5/c25-20-12-15(3-10-21(20)33-13-14-1-4-16(26)5-2-14)11-19-22(30)27-24(32)28(23(19)31)17-6-8-18(29)9-7-17/h1-12,29H,13H2,(H,27,30,32)/b19-11+. The molecule has 1 saturated heterocycles. The van der Waals surface area contributed by atoms with Crippen LogP contribution in [0.3, 0.4) is 0 Å². The molecule has 0 radical (unpaired) electrons.